The molecule has 0 radical (unpaired) electrons. The van der Waals surface area contributed by atoms with E-state index in [2.05, 4.69) is 6.92 Å². The zero-order chi connectivity index (χ0) is 14.0. The lowest BCUT2D eigenvalue weighted by molar-refractivity contribution is -0.190. The summed E-state index contributed by atoms with van der Waals surface area (Å²) in [7, 11) is 1.33. The van der Waals surface area contributed by atoms with E-state index in [1.165, 1.54) is 7.11 Å². The third kappa shape index (κ3) is 2.69. The third-order valence-corrected chi connectivity index (χ3v) is 4.36. The predicted molar refractivity (Wildman–Crippen MR) is 69.2 cm³/mol. The molecule has 0 amide bonds. The highest BCUT2D eigenvalue weighted by molar-refractivity contribution is 5.80. The molecule has 0 aromatic rings. The second kappa shape index (κ2) is 5.57. The molecule has 1 aliphatic heterocycles. The monoisotopic (exact) mass is 258 g/mol. The third-order valence-electron chi connectivity index (χ3n) is 4.36. The largest absolute Gasteiger partial charge is 0.467 e. The van der Waals surface area contributed by atoms with Crippen LogP contribution >= 0.6 is 0 Å². The van der Waals surface area contributed by atoms with Gasteiger partial charge in [-0.1, -0.05) is 20.8 Å². The Bertz CT molecular complexity index is 302. The van der Waals surface area contributed by atoms with Crippen LogP contribution < -0.4 is 0 Å². The van der Waals surface area contributed by atoms with Gasteiger partial charge in [-0.15, -0.1) is 0 Å². The number of esters is 1. The van der Waals surface area contributed by atoms with Gasteiger partial charge in [0.05, 0.1) is 12.7 Å². The van der Waals surface area contributed by atoms with Gasteiger partial charge in [-0.3, -0.25) is 0 Å². The second-order valence-corrected chi connectivity index (χ2v) is 5.81. The van der Waals surface area contributed by atoms with Crippen LogP contribution in [0.25, 0.3) is 0 Å². The quantitative estimate of drug-likeness (QED) is 0.785. The van der Waals surface area contributed by atoms with E-state index in [0.29, 0.717) is 19.4 Å². The molecule has 0 spiro atoms. The van der Waals surface area contributed by atoms with Gasteiger partial charge in [0.1, 0.15) is 0 Å². The fourth-order valence-electron chi connectivity index (χ4n) is 2.79. The smallest absolute Gasteiger partial charge is 0.338 e. The molecule has 18 heavy (non-hydrogen) atoms. The molecule has 106 valence electrons. The molecule has 1 saturated heterocycles. The Labute approximate surface area is 110 Å². The van der Waals surface area contributed by atoms with Gasteiger partial charge in [-0.05, 0) is 32.1 Å². The maximum atomic E-state index is 12.0. The number of carbonyl (C=O) groups excluding carboxylic acids is 1. The van der Waals surface area contributed by atoms with Crippen molar-refractivity contribution in [2.24, 2.45) is 11.8 Å². The minimum atomic E-state index is -1.41. The minimum absolute atomic E-state index is 0.108. The Balaban J connectivity index is 2.97. The average molecular weight is 258 g/mol. The van der Waals surface area contributed by atoms with E-state index in [4.69, 9.17) is 9.47 Å². The first-order chi connectivity index (χ1) is 8.30. The molecule has 3 atom stereocenters. The van der Waals surface area contributed by atoms with Crippen LogP contribution in [0.1, 0.15) is 47.0 Å². The van der Waals surface area contributed by atoms with Crippen LogP contribution in [0, 0.1) is 11.8 Å². The minimum Gasteiger partial charge on any atom is -0.467 e. The fourth-order valence-corrected chi connectivity index (χ4v) is 2.79. The average Bonchev–Trinajstić information content (AvgIpc) is 2.36. The van der Waals surface area contributed by atoms with Crippen molar-refractivity contribution in [3.8, 4) is 0 Å². The first-order valence-corrected chi connectivity index (χ1v) is 6.75. The summed E-state index contributed by atoms with van der Waals surface area (Å²) in [6.07, 6.45) is 2.26. The highest BCUT2D eigenvalue weighted by Gasteiger charge is 2.51. The van der Waals surface area contributed by atoms with Crippen molar-refractivity contribution in [1.82, 2.24) is 0 Å². The van der Waals surface area contributed by atoms with Gasteiger partial charge in [-0.25, -0.2) is 4.79 Å². The number of aliphatic hydroxyl groups is 1. The molecule has 4 nitrogen and oxygen atoms in total. The van der Waals surface area contributed by atoms with Gasteiger partial charge in [0.2, 0.25) is 0 Å². The number of methoxy groups -OCH3 is 1. The molecule has 0 saturated carbocycles. The summed E-state index contributed by atoms with van der Waals surface area (Å²) >= 11 is 0. The molecule has 1 rings (SSSR count). The van der Waals surface area contributed by atoms with Crippen LogP contribution in [0.5, 0.6) is 0 Å². The summed E-state index contributed by atoms with van der Waals surface area (Å²) in [6, 6.07) is 0. The Morgan fingerprint density at radius 1 is 1.61 bits per heavy atom. The van der Waals surface area contributed by atoms with Crippen LogP contribution in [0.3, 0.4) is 0 Å². The van der Waals surface area contributed by atoms with E-state index in [9.17, 15) is 9.90 Å². The molecule has 1 aliphatic rings. The first-order valence-electron chi connectivity index (χ1n) is 6.75. The van der Waals surface area contributed by atoms with Crippen molar-refractivity contribution in [3.63, 3.8) is 0 Å². The summed E-state index contributed by atoms with van der Waals surface area (Å²) < 4.78 is 10.6. The number of carbonyl (C=O) groups is 1. The van der Waals surface area contributed by atoms with Crippen LogP contribution in [-0.4, -0.2) is 36.0 Å². The first kappa shape index (κ1) is 15.4. The van der Waals surface area contributed by atoms with E-state index < -0.39 is 11.6 Å². The molecular weight excluding hydrogens is 232 g/mol. The molecule has 4 heteroatoms. The lowest BCUT2D eigenvalue weighted by Crippen LogP contribution is -2.55. The van der Waals surface area contributed by atoms with Crippen LogP contribution in [0.2, 0.25) is 0 Å². The highest BCUT2D eigenvalue weighted by atomic mass is 16.5. The molecule has 0 aromatic carbocycles. The molecule has 3 unspecified atom stereocenters. The summed E-state index contributed by atoms with van der Waals surface area (Å²) in [5.41, 5.74) is -1.66. The Morgan fingerprint density at radius 3 is 2.67 bits per heavy atom. The Morgan fingerprint density at radius 2 is 2.22 bits per heavy atom. The standard InChI is InChI=1S/C14H26O4/c1-6-13(4)9-11(7-8-18-13)14(16,10(2)3)12(15)17-5/h10-11,16H,6-9H2,1-5H3. The lowest BCUT2D eigenvalue weighted by atomic mass is 9.70. The lowest BCUT2D eigenvalue weighted by Gasteiger charge is -2.45. The topological polar surface area (TPSA) is 55.8 Å². The molecule has 1 fully saturated rings. The fraction of sp³-hybridized carbons (Fsp3) is 0.929. The van der Waals surface area contributed by atoms with Crippen molar-refractivity contribution in [1.29, 1.82) is 0 Å². The van der Waals surface area contributed by atoms with Crippen LogP contribution in [-0.2, 0) is 14.3 Å². The van der Waals surface area contributed by atoms with Gasteiger partial charge >= 0.3 is 5.97 Å². The number of hydrogen-bond donors (Lipinski definition) is 1. The zero-order valence-corrected chi connectivity index (χ0v) is 12.2. The van der Waals surface area contributed by atoms with E-state index >= 15 is 0 Å². The highest BCUT2D eigenvalue weighted by Crippen LogP contribution is 2.41. The Kier molecular flexibility index (Phi) is 4.78. The van der Waals surface area contributed by atoms with Gasteiger partial charge in [0, 0.05) is 12.5 Å². The van der Waals surface area contributed by atoms with E-state index in [0.717, 1.165) is 6.42 Å². The molecular formula is C14H26O4. The van der Waals surface area contributed by atoms with E-state index in [1.807, 2.05) is 20.8 Å². The van der Waals surface area contributed by atoms with Crippen LogP contribution in [0.15, 0.2) is 0 Å². The van der Waals surface area contributed by atoms with E-state index in [-0.39, 0.29) is 17.4 Å². The second-order valence-electron chi connectivity index (χ2n) is 5.81. The molecule has 0 aliphatic carbocycles. The maximum Gasteiger partial charge on any atom is 0.338 e. The van der Waals surface area contributed by atoms with Crippen LogP contribution in [0.4, 0.5) is 0 Å². The summed E-state index contributed by atoms with van der Waals surface area (Å²) in [4.78, 5) is 12.0. The van der Waals surface area contributed by atoms with Crippen molar-refractivity contribution >= 4 is 5.97 Å². The van der Waals surface area contributed by atoms with Gasteiger partial charge in [-0.2, -0.15) is 0 Å². The van der Waals surface area contributed by atoms with Gasteiger partial charge in [0.15, 0.2) is 5.60 Å². The van der Waals surface area contributed by atoms with Crippen molar-refractivity contribution in [2.45, 2.75) is 58.2 Å². The van der Waals surface area contributed by atoms with Crippen molar-refractivity contribution < 1.29 is 19.4 Å². The van der Waals surface area contributed by atoms with Gasteiger partial charge in [0.25, 0.3) is 0 Å². The zero-order valence-electron chi connectivity index (χ0n) is 12.2. The molecule has 1 N–H and O–H groups in total. The molecule has 0 bridgehead atoms. The summed E-state index contributed by atoms with van der Waals surface area (Å²) in [5, 5.41) is 10.8. The SMILES string of the molecule is CCC1(C)CC(C(O)(C(=O)OC)C(C)C)CCO1. The predicted octanol–water partition coefficient (Wildman–Crippen LogP) is 2.14. The van der Waals surface area contributed by atoms with Gasteiger partial charge < -0.3 is 14.6 Å². The maximum absolute atomic E-state index is 12.0. The number of ether oxygens (including phenoxy) is 2. The summed E-state index contributed by atoms with van der Waals surface area (Å²) in [6.45, 7) is 8.40. The van der Waals surface area contributed by atoms with E-state index in [1.54, 1.807) is 0 Å². The normalized spacial score (nSPS) is 32.1. The summed E-state index contributed by atoms with van der Waals surface area (Å²) in [5.74, 6) is -0.805. The van der Waals surface area contributed by atoms with Crippen molar-refractivity contribution in [3.05, 3.63) is 0 Å². The number of rotatable bonds is 4. The number of hydrogen-bond acceptors (Lipinski definition) is 4. The molecule has 1 heterocycles. The molecule has 0 aromatic heterocycles. The van der Waals surface area contributed by atoms with Crippen molar-refractivity contribution in [2.75, 3.05) is 13.7 Å². The Hall–Kier alpha value is -0.610.